The van der Waals surface area contributed by atoms with Crippen molar-refractivity contribution in [2.45, 2.75) is 33.4 Å². The Morgan fingerprint density at radius 1 is 1.07 bits per heavy atom. The first-order valence-electron chi connectivity index (χ1n) is 10.0. The molecule has 0 spiro atoms. The largest absolute Gasteiger partial charge is 0.383 e. The van der Waals surface area contributed by atoms with Crippen LogP contribution in [0.4, 0.5) is 5.69 Å². The Morgan fingerprint density at radius 3 is 2.59 bits per heavy atom. The Balaban J connectivity index is 1.89. The lowest BCUT2D eigenvalue weighted by molar-refractivity contribution is 0.101. The van der Waals surface area contributed by atoms with Crippen molar-refractivity contribution in [1.82, 2.24) is 9.13 Å². The highest BCUT2D eigenvalue weighted by molar-refractivity contribution is 6.12. The minimum absolute atomic E-state index is 0.109. The van der Waals surface area contributed by atoms with Crippen LogP contribution in [0.15, 0.2) is 54.6 Å². The first kappa shape index (κ1) is 19.3. The average Bonchev–Trinajstić information content (AvgIpc) is 3.20. The van der Waals surface area contributed by atoms with Crippen LogP contribution in [0, 0.1) is 6.92 Å². The highest BCUT2D eigenvalue weighted by Gasteiger charge is 2.22. The molecule has 2 heterocycles. The number of aryl methyl sites for hydroxylation is 1. The van der Waals surface area contributed by atoms with Crippen LogP contribution in [0.2, 0.25) is 0 Å². The van der Waals surface area contributed by atoms with Crippen LogP contribution >= 0.6 is 0 Å². The van der Waals surface area contributed by atoms with Gasteiger partial charge in [-0.2, -0.15) is 0 Å². The number of nitrogens with one attached hydrogen (secondary N) is 1. The number of para-hydroxylation sites is 1. The van der Waals surface area contributed by atoms with E-state index in [2.05, 4.69) is 46.5 Å². The van der Waals surface area contributed by atoms with Crippen LogP contribution in [-0.4, -0.2) is 28.8 Å². The maximum absolute atomic E-state index is 13.2. The second-order valence-electron chi connectivity index (χ2n) is 7.71. The second-order valence-corrected chi connectivity index (χ2v) is 7.71. The zero-order valence-electron chi connectivity index (χ0n) is 17.4. The van der Waals surface area contributed by atoms with Crippen LogP contribution in [-0.2, 0) is 11.3 Å². The summed E-state index contributed by atoms with van der Waals surface area (Å²) in [7, 11) is 1.69. The first-order chi connectivity index (χ1) is 14.0. The van der Waals surface area contributed by atoms with Gasteiger partial charge >= 0.3 is 0 Å². The zero-order chi connectivity index (χ0) is 20.5. The van der Waals surface area contributed by atoms with Gasteiger partial charge in [0.05, 0.1) is 23.2 Å². The minimum atomic E-state index is -0.109. The van der Waals surface area contributed by atoms with Crippen LogP contribution in [0.1, 0.15) is 35.9 Å². The van der Waals surface area contributed by atoms with Crippen LogP contribution in [0.5, 0.6) is 0 Å². The van der Waals surface area contributed by atoms with Gasteiger partial charge in [-0.05, 0) is 50.6 Å². The van der Waals surface area contributed by atoms with Crippen molar-refractivity contribution in [2.75, 3.05) is 19.0 Å². The molecule has 1 N–H and O–H groups in total. The summed E-state index contributed by atoms with van der Waals surface area (Å²) < 4.78 is 9.73. The average molecular weight is 389 g/mol. The van der Waals surface area contributed by atoms with E-state index in [1.165, 1.54) is 5.52 Å². The smallest absolute Gasteiger partial charge is 0.272 e. The number of carbonyl (C=O) groups excluding carboxylic acids is 1. The lowest BCUT2D eigenvalue weighted by Gasteiger charge is -2.12. The van der Waals surface area contributed by atoms with Crippen molar-refractivity contribution < 1.29 is 9.53 Å². The van der Waals surface area contributed by atoms with Gasteiger partial charge < -0.3 is 19.2 Å². The number of benzene rings is 2. The third kappa shape index (κ3) is 3.42. The van der Waals surface area contributed by atoms with Gasteiger partial charge in [0.15, 0.2) is 0 Å². The summed E-state index contributed by atoms with van der Waals surface area (Å²) in [5, 5.41) is 4.21. The Labute approximate surface area is 170 Å². The molecule has 0 saturated carbocycles. The van der Waals surface area contributed by atoms with E-state index in [9.17, 15) is 4.79 Å². The molecule has 0 bridgehead atoms. The summed E-state index contributed by atoms with van der Waals surface area (Å²) in [6.45, 7) is 7.51. The van der Waals surface area contributed by atoms with Gasteiger partial charge in [-0.25, -0.2) is 0 Å². The van der Waals surface area contributed by atoms with Crippen molar-refractivity contribution in [3.05, 3.63) is 65.9 Å². The number of aromatic nitrogens is 2. The summed E-state index contributed by atoms with van der Waals surface area (Å²) in [4.78, 5) is 13.2. The number of hydrogen-bond donors (Lipinski definition) is 1. The molecule has 0 aliphatic heterocycles. The predicted molar refractivity (Wildman–Crippen MR) is 119 cm³/mol. The van der Waals surface area contributed by atoms with E-state index in [4.69, 9.17) is 4.74 Å². The monoisotopic (exact) mass is 389 g/mol. The number of ether oxygens (including phenoxy) is 1. The molecule has 4 aromatic rings. The van der Waals surface area contributed by atoms with Gasteiger partial charge in [0.1, 0.15) is 5.69 Å². The molecule has 4 rings (SSSR count). The van der Waals surface area contributed by atoms with Crippen molar-refractivity contribution in [3.63, 3.8) is 0 Å². The summed E-state index contributed by atoms with van der Waals surface area (Å²) >= 11 is 0. The summed E-state index contributed by atoms with van der Waals surface area (Å²) in [5.74, 6) is -0.109. The van der Waals surface area contributed by atoms with Gasteiger partial charge in [-0.15, -0.1) is 0 Å². The number of nitrogens with zero attached hydrogens (tertiary/aromatic N) is 2. The van der Waals surface area contributed by atoms with Gasteiger partial charge in [-0.3, -0.25) is 4.79 Å². The van der Waals surface area contributed by atoms with E-state index in [-0.39, 0.29) is 11.9 Å². The van der Waals surface area contributed by atoms with Gasteiger partial charge in [0.25, 0.3) is 5.91 Å². The molecule has 0 unspecified atom stereocenters. The molecule has 2 aromatic heterocycles. The highest BCUT2D eigenvalue weighted by atomic mass is 16.5. The Morgan fingerprint density at radius 2 is 1.86 bits per heavy atom. The van der Waals surface area contributed by atoms with E-state index in [1.54, 1.807) is 7.11 Å². The molecule has 2 aromatic carbocycles. The maximum Gasteiger partial charge on any atom is 0.272 e. The molecular formula is C24H27N3O2. The number of hydrogen-bond acceptors (Lipinski definition) is 2. The molecular weight excluding hydrogens is 362 g/mol. The molecule has 0 fully saturated rings. The van der Waals surface area contributed by atoms with Gasteiger partial charge in [0, 0.05) is 30.8 Å². The second kappa shape index (κ2) is 7.76. The highest BCUT2D eigenvalue weighted by Crippen LogP contribution is 2.34. The lowest BCUT2D eigenvalue weighted by atomic mass is 10.2. The Bertz CT molecular complexity index is 1180. The number of methoxy groups -OCH3 is 1. The van der Waals surface area contributed by atoms with Gasteiger partial charge in [0.2, 0.25) is 0 Å². The van der Waals surface area contributed by atoms with Crippen molar-refractivity contribution >= 4 is 33.5 Å². The van der Waals surface area contributed by atoms with E-state index in [0.29, 0.717) is 18.8 Å². The number of rotatable bonds is 6. The van der Waals surface area contributed by atoms with Crippen molar-refractivity contribution in [3.8, 4) is 0 Å². The van der Waals surface area contributed by atoms with E-state index in [0.717, 1.165) is 27.7 Å². The molecule has 150 valence electrons. The maximum atomic E-state index is 13.2. The molecule has 5 nitrogen and oxygen atoms in total. The quantitative estimate of drug-likeness (QED) is 0.481. The number of amides is 1. The molecule has 0 radical (unpaired) electrons. The molecule has 1 amide bonds. The van der Waals surface area contributed by atoms with Crippen LogP contribution < -0.4 is 5.32 Å². The molecule has 5 heteroatoms. The van der Waals surface area contributed by atoms with Gasteiger partial charge in [-0.1, -0.05) is 30.3 Å². The van der Waals surface area contributed by atoms with E-state index in [1.807, 2.05) is 43.3 Å². The fourth-order valence-corrected chi connectivity index (χ4v) is 4.09. The number of carbonyl (C=O) groups is 1. The van der Waals surface area contributed by atoms with Crippen LogP contribution in [0.3, 0.4) is 0 Å². The molecule has 0 aliphatic carbocycles. The number of fused-ring (bicyclic) bond motifs is 3. The summed E-state index contributed by atoms with van der Waals surface area (Å²) in [6.07, 6.45) is 0. The number of anilines is 1. The fourth-order valence-electron chi connectivity index (χ4n) is 4.09. The third-order valence-electron chi connectivity index (χ3n) is 5.30. The first-order valence-corrected chi connectivity index (χ1v) is 10.0. The van der Waals surface area contributed by atoms with E-state index >= 15 is 0 Å². The Hall–Kier alpha value is -3.05. The molecule has 29 heavy (non-hydrogen) atoms. The van der Waals surface area contributed by atoms with Crippen LogP contribution in [0.25, 0.3) is 21.9 Å². The normalized spacial score (nSPS) is 11.6. The van der Waals surface area contributed by atoms with Crippen molar-refractivity contribution in [1.29, 1.82) is 0 Å². The molecule has 0 saturated heterocycles. The lowest BCUT2D eigenvalue weighted by Crippen LogP contribution is -2.18. The Kier molecular flexibility index (Phi) is 5.16. The molecule has 0 atom stereocenters. The minimum Gasteiger partial charge on any atom is -0.383 e. The SMILES string of the molecule is COCCn1c(C(=O)Nc2cccc(C)c2)cc2c1c1ccccc1n2C(C)C. The zero-order valence-corrected chi connectivity index (χ0v) is 17.4. The summed E-state index contributed by atoms with van der Waals surface area (Å²) in [6, 6.07) is 18.5. The fraction of sp³-hybridized carbons (Fsp3) is 0.292. The summed E-state index contributed by atoms with van der Waals surface area (Å²) in [5.41, 5.74) is 5.90. The van der Waals surface area contributed by atoms with E-state index < -0.39 is 0 Å². The third-order valence-corrected chi connectivity index (χ3v) is 5.30. The predicted octanol–water partition coefficient (Wildman–Crippen LogP) is 5.38. The topological polar surface area (TPSA) is 48.2 Å². The standard InChI is InChI=1S/C24H27N3O2/c1-16(2)27-20-11-6-5-10-19(20)23-21(27)15-22(26(23)12-13-29-4)24(28)25-18-9-7-8-17(3)14-18/h5-11,14-16H,12-13H2,1-4H3,(H,25,28). The van der Waals surface area contributed by atoms with Crippen molar-refractivity contribution in [2.24, 2.45) is 0 Å². The molecule has 0 aliphatic rings.